The van der Waals surface area contributed by atoms with Gasteiger partial charge in [-0.25, -0.2) is 13.2 Å². The standard InChI is InChI=1S/C16H17NO5S2/c18-16(22-11-12-5-3-9-21-12)13-6-1-2-7-14(13)17-24(19,20)15-8-4-10-23-15/h1-2,4,6-8,10,12,17H,3,5,9,11H2. The van der Waals surface area contributed by atoms with E-state index in [0.717, 1.165) is 24.2 Å². The van der Waals surface area contributed by atoms with Gasteiger partial charge in [0.25, 0.3) is 10.0 Å². The average molecular weight is 367 g/mol. The molecule has 0 aliphatic carbocycles. The second-order valence-electron chi connectivity index (χ2n) is 5.32. The van der Waals surface area contributed by atoms with Gasteiger partial charge in [0, 0.05) is 6.61 Å². The summed E-state index contributed by atoms with van der Waals surface area (Å²) in [6.07, 6.45) is 1.74. The van der Waals surface area contributed by atoms with E-state index in [0.29, 0.717) is 6.61 Å². The van der Waals surface area contributed by atoms with Gasteiger partial charge in [-0.3, -0.25) is 4.72 Å². The second kappa shape index (κ2) is 7.33. The predicted octanol–water partition coefficient (Wildman–Crippen LogP) is 2.88. The SMILES string of the molecule is O=C(OCC1CCCO1)c1ccccc1NS(=O)(=O)c1cccs1. The van der Waals surface area contributed by atoms with Crippen LogP contribution in [0.15, 0.2) is 46.0 Å². The summed E-state index contributed by atoms with van der Waals surface area (Å²) in [6.45, 7) is 0.851. The molecule has 0 spiro atoms. The van der Waals surface area contributed by atoms with Crippen molar-refractivity contribution in [3.05, 3.63) is 47.3 Å². The van der Waals surface area contributed by atoms with E-state index in [1.807, 2.05) is 0 Å². The number of benzene rings is 1. The van der Waals surface area contributed by atoms with Gasteiger partial charge in [0.1, 0.15) is 10.8 Å². The van der Waals surface area contributed by atoms with E-state index in [1.165, 1.54) is 18.2 Å². The quantitative estimate of drug-likeness (QED) is 0.794. The number of hydrogen-bond acceptors (Lipinski definition) is 6. The first-order valence-corrected chi connectivity index (χ1v) is 9.86. The van der Waals surface area contributed by atoms with Crippen molar-refractivity contribution in [3.63, 3.8) is 0 Å². The van der Waals surface area contributed by atoms with Crippen LogP contribution in [0.1, 0.15) is 23.2 Å². The molecule has 0 saturated carbocycles. The van der Waals surface area contributed by atoms with Crippen LogP contribution in [0.25, 0.3) is 0 Å². The third-order valence-electron chi connectivity index (χ3n) is 3.58. The number of thiophene rings is 1. The molecule has 1 unspecified atom stereocenters. The lowest BCUT2D eigenvalue weighted by Crippen LogP contribution is -2.20. The lowest BCUT2D eigenvalue weighted by molar-refractivity contribution is 0.0162. The summed E-state index contributed by atoms with van der Waals surface area (Å²) in [5.74, 6) is -0.574. The minimum atomic E-state index is -3.72. The maximum Gasteiger partial charge on any atom is 0.340 e. The van der Waals surface area contributed by atoms with Crippen molar-refractivity contribution in [1.82, 2.24) is 0 Å². The molecule has 1 aromatic heterocycles. The van der Waals surface area contributed by atoms with Crippen LogP contribution in [0.2, 0.25) is 0 Å². The zero-order valence-electron chi connectivity index (χ0n) is 12.8. The third kappa shape index (κ3) is 3.95. The minimum absolute atomic E-state index is 0.0797. The second-order valence-corrected chi connectivity index (χ2v) is 8.17. The fourth-order valence-electron chi connectivity index (χ4n) is 2.38. The molecule has 1 aliphatic heterocycles. The Morgan fingerprint density at radius 1 is 1.29 bits per heavy atom. The monoisotopic (exact) mass is 367 g/mol. The van der Waals surface area contributed by atoms with Crippen molar-refractivity contribution in [2.45, 2.75) is 23.2 Å². The first-order chi connectivity index (χ1) is 11.6. The zero-order chi connectivity index (χ0) is 17.0. The van der Waals surface area contributed by atoms with Gasteiger partial charge >= 0.3 is 5.97 Å². The van der Waals surface area contributed by atoms with Gasteiger partial charge in [0.15, 0.2) is 0 Å². The van der Waals surface area contributed by atoms with Crippen LogP contribution in [0.5, 0.6) is 0 Å². The molecule has 2 aromatic rings. The highest BCUT2D eigenvalue weighted by Crippen LogP contribution is 2.23. The van der Waals surface area contributed by atoms with Crippen molar-refractivity contribution in [1.29, 1.82) is 0 Å². The Labute approximate surface area is 144 Å². The molecule has 128 valence electrons. The molecule has 1 aliphatic rings. The van der Waals surface area contributed by atoms with Crippen LogP contribution < -0.4 is 4.72 Å². The fraction of sp³-hybridized carbons (Fsp3) is 0.312. The Balaban J connectivity index is 1.74. The Kier molecular flexibility index (Phi) is 5.17. The van der Waals surface area contributed by atoms with E-state index >= 15 is 0 Å². The Morgan fingerprint density at radius 2 is 2.12 bits per heavy atom. The summed E-state index contributed by atoms with van der Waals surface area (Å²) >= 11 is 1.11. The highest BCUT2D eigenvalue weighted by molar-refractivity contribution is 7.94. The Morgan fingerprint density at radius 3 is 2.83 bits per heavy atom. The molecular weight excluding hydrogens is 350 g/mol. The number of carbonyl (C=O) groups is 1. The molecule has 0 bridgehead atoms. The highest BCUT2D eigenvalue weighted by atomic mass is 32.2. The average Bonchev–Trinajstić information content (AvgIpc) is 3.26. The molecule has 1 atom stereocenters. The molecule has 24 heavy (non-hydrogen) atoms. The van der Waals surface area contributed by atoms with Crippen molar-refractivity contribution >= 4 is 33.0 Å². The largest absolute Gasteiger partial charge is 0.459 e. The number of sulfonamides is 1. The number of nitrogens with one attached hydrogen (secondary N) is 1. The molecule has 1 N–H and O–H groups in total. The summed E-state index contributed by atoms with van der Waals surface area (Å²) in [4.78, 5) is 12.3. The molecule has 3 rings (SSSR count). The van der Waals surface area contributed by atoms with E-state index in [1.54, 1.807) is 23.6 Å². The summed E-state index contributed by atoms with van der Waals surface area (Å²) in [7, 11) is -3.72. The van der Waals surface area contributed by atoms with Gasteiger partial charge in [-0.2, -0.15) is 0 Å². The number of rotatable bonds is 6. The molecule has 8 heteroatoms. The van der Waals surface area contributed by atoms with Crippen LogP contribution >= 0.6 is 11.3 Å². The van der Waals surface area contributed by atoms with Crippen molar-refractivity contribution in [2.75, 3.05) is 17.9 Å². The normalized spacial score (nSPS) is 17.6. The van der Waals surface area contributed by atoms with Crippen LogP contribution in [-0.4, -0.2) is 33.7 Å². The number of carbonyl (C=O) groups excluding carboxylic acids is 1. The van der Waals surface area contributed by atoms with E-state index < -0.39 is 16.0 Å². The highest BCUT2D eigenvalue weighted by Gasteiger charge is 2.22. The molecule has 6 nitrogen and oxygen atoms in total. The van der Waals surface area contributed by atoms with Gasteiger partial charge in [-0.1, -0.05) is 18.2 Å². The van der Waals surface area contributed by atoms with Gasteiger partial charge in [0.2, 0.25) is 0 Å². The van der Waals surface area contributed by atoms with Gasteiger partial charge in [-0.15, -0.1) is 11.3 Å². The van der Waals surface area contributed by atoms with Gasteiger partial charge < -0.3 is 9.47 Å². The first kappa shape index (κ1) is 16.9. The molecular formula is C16H17NO5S2. The molecule has 1 saturated heterocycles. The molecule has 0 amide bonds. The van der Waals surface area contributed by atoms with Crippen LogP contribution in [0.3, 0.4) is 0 Å². The summed E-state index contributed by atoms with van der Waals surface area (Å²) in [5, 5.41) is 1.68. The maximum atomic E-state index is 12.3. The number of hydrogen-bond donors (Lipinski definition) is 1. The van der Waals surface area contributed by atoms with E-state index in [9.17, 15) is 13.2 Å². The van der Waals surface area contributed by atoms with E-state index in [2.05, 4.69) is 4.72 Å². The summed E-state index contributed by atoms with van der Waals surface area (Å²) in [6, 6.07) is 9.54. The van der Waals surface area contributed by atoms with Crippen molar-refractivity contribution in [2.24, 2.45) is 0 Å². The lowest BCUT2D eigenvalue weighted by atomic mass is 10.2. The minimum Gasteiger partial charge on any atom is -0.459 e. The Hall–Kier alpha value is -1.90. The third-order valence-corrected chi connectivity index (χ3v) is 6.34. The maximum absolute atomic E-state index is 12.3. The number of ether oxygens (including phenoxy) is 2. The fourth-order valence-corrected chi connectivity index (χ4v) is 4.46. The first-order valence-electron chi connectivity index (χ1n) is 7.50. The van der Waals surface area contributed by atoms with E-state index in [4.69, 9.17) is 9.47 Å². The predicted molar refractivity (Wildman–Crippen MR) is 90.8 cm³/mol. The van der Waals surface area contributed by atoms with Gasteiger partial charge in [0.05, 0.1) is 17.4 Å². The smallest absolute Gasteiger partial charge is 0.340 e. The van der Waals surface area contributed by atoms with Crippen LogP contribution in [-0.2, 0) is 19.5 Å². The van der Waals surface area contributed by atoms with Gasteiger partial charge in [-0.05, 0) is 36.4 Å². The molecule has 1 fully saturated rings. The van der Waals surface area contributed by atoms with E-state index in [-0.39, 0.29) is 28.2 Å². The lowest BCUT2D eigenvalue weighted by Gasteiger charge is -2.13. The van der Waals surface area contributed by atoms with Crippen molar-refractivity contribution in [3.8, 4) is 0 Å². The number of esters is 1. The molecule has 2 heterocycles. The molecule has 1 aromatic carbocycles. The zero-order valence-corrected chi connectivity index (χ0v) is 14.4. The summed E-state index contributed by atoms with van der Waals surface area (Å²) < 4.78 is 38.0. The Bertz CT molecular complexity index is 796. The number of anilines is 1. The summed E-state index contributed by atoms with van der Waals surface area (Å²) in [5.41, 5.74) is 0.374. The van der Waals surface area contributed by atoms with Crippen molar-refractivity contribution < 1.29 is 22.7 Å². The van der Waals surface area contributed by atoms with Crippen LogP contribution in [0.4, 0.5) is 5.69 Å². The van der Waals surface area contributed by atoms with Crippen LogP contribution in [0, 0.1) is 0 Å². The number of para-hydroxylation sites is 1. The molecule has 0 radical (unpaired) electrons. The topological polar surface area (TPSA) is 81.7 Å².